The Bertz CT molecular complexity index is 489. The molecule has 0 aliphatic rings. The van der Waals surface area contributed by atoms with E-state index in [4.69, 9.17) is 4.74 Å². The van der Waals surface area contributed by atoms with E-state index in [1.807, 2.05) is 19.9 Å². The fourth-order valence-electron chi connectivity index (χ4n) is 1.72. The van der Waals surface area contributed by atoms with Gasteiger partial charge < -0.3 is 15.4 Å². The van der Waals surface area contributed by atoms with Crippen molar-refractivity contribution in [2.24, 2.45) is 0 Å². The Morgan fingerprint density at radius 2 is 1.95 bits per heavy atom. The standard InChI is InChI=1S/C14H19BrN2O3/c1-14(2,9-20-3)17-12(18)8-16-13(19)10-6-4-5-7-11(10)15/h4-7H,8-9H2,1-3H3,(H,16,19)(H,17,18). The van der Waals surface area contributed by atoms with E-state index in [0.29, 0.717) is 16.6 Å². The quantitative estimate of drug-likeness (QED) is 0.827. The lowest BCUT2D eigenvalue weighted by molar-refractivity contribution is -0.122. The second-order valence-electron chi connectivity index (χ2n) is 5.03. The first-order chi connectivity index (χ1) is 9.35. The molecular weight excluding hydrogens is 324 g/mol. The number of nitrogens with one attached hydrogen (secondary N) is 2. The topological polar surface area (TPSA) is 67.4 Å². The molecule has 0 fully saturated rings. The summed E-state index contributed by atoms with van der Waals surface area (Å²) in [6, 6.07) is 7.05. The molecule has 0 saturated carbocycles. The third-order valence-electron chi connectivity index (χ3n) is 2.51. The van der Waals surface area contributed by atoms with Crippen LogP contribution in [0.3, 0.4) is 0 Å². The van der Waals surface area contributed by atoms with Crippen molar-refractivity contribution in [3.05, 3.63) is 34.3 Å². The van der Waals surface area contributed by atoms with Gasteiger partial charge in [-0.15, -0.1) is 0 Å². The first kappa shape index (κ1) is 16.7. The van der Waals surface area contributed by atoms with E-state index in [1.54, 1.807) is 25.3 Å². The molecule has 5 nitrogen and oxygen atoms in total. The van der Waals surface area contributed by atoms with Gasteiger partial charge in [0.1, 0.15) is 0 Å². The first-order valence-corrected chi connectivity index (χ1v) is 6.98. The minimum Gasteiger partial charge on any atom is -0.382 e. The maximum atomic E-state index is 11.9. The zero-order valence-corrected chi connectivity index (χ0v) is 13.4. The number of hydrogen-bond acceptors (Lipinski definition) is 3. The van der Waals surface area contributed by atoms with E-state index in [9.17, 15) is 9.59 Å². The van der Waals surface area contributed by atoms with Gasteiger partial charge in [0.2, 0.25) is 5.91 Å². The highest BCUT2D eigenvalue weighted by Gasteiger charge is 2.20. The zero-order chi connectivity index (χ0) is 15.2. The van der Waals surface area contributed by atoms with Crippen molar-refractivity contribution in [2.45, 2.75) is 19.4 Å². The molecule has 1 aromatic rings. The van der Waals surface area contributed by atoms with Crippen molar-refractivity contribution < 1.29 is 14.3 Å². The summed E-state index contributed by atoms with van der Waals surface area (Å²) in [6.45, 7) is 4.03. The molecule has 0 aliphatic carbocycles. The van der Waals surface area contributed by atoms with Crippen molar-refractivity contribution >= 4 is 27.7 Å². The van der Waals surface area contributed by atoms with Crippen molar-refractivity contribution in [2.75, 3.05) is 20.3 Å². The molecule has 0 heterocycles. The molecule has 0 radical (unpaired) electrons. The molecule has 2 N–H and O–H groups in total. The molecule has 2 amide bonds. The normalized spacial score (nSPS) is 11.0. The summed E-state index contributed by atoms with van der Waals surface area (Å²) < 4.78 is 5.70. The number of benzene rings is 1. The Labute approximate surface area is 127 Å². The lowest BCUT2D eigenvalue weighted by Crippen LogP contribution is -2.50. The van der Waals surface area contributed by atoms with E-state index >= 15 is 0 Å². The average Bonchev–Trinajstić information content (AvgIpc) is 2.35. The van der Waals surface area contributed by atoms with Gasteiger partial charge in [0.05, 0.1) is 24.3 Å². The number of rotatable bonds is 6. The van der Waals surface area contributed by atoms with Gasteiger partial charge in [0, 0.05) is 11.6 Å². The van der Waals surface area contributed by atoms with Crippen LogP contribution in [0.4, 0.5) is 0 Å². The van der Waals surface area contributed by atoms with E-state index in [0.717, 1.165) is 0 Å². The van der Waals surface area contributed by atoms with Crippen LogP contribution in [0.5, 0.6) is 0 Å². The highest BCUT2D eigenvalue weighted by Crippen LogP contribution is 2.15. The van der Waals surface area contributed by atoms with Crippen LogP contribution in [0.2, 0.25) is 0 Å². The van der Waals surface area contributed by atoms with Crippen LogP contribution in [0.25, 0.3) is 0 Å². The van der Waals surface area contributed by atoms with Crippen LogP contribution in [-0.4, -0.2) is 37.6 Å². The van der Waals surface area contributed by atoms with Gasteiger partial charge in [-0.2, -0.15) is 0 Å². The summed E-state index contributed by atoms with van der Waals surface area (Å²) in [5.41, 5.74) is 0.0284. The van der Waals surface area contributed by atoms with Gasteiger partial charge in [-0.25, -0.2) is 0 Å². The summed E-state index contributed by atoms with van der Waals surface area (Å²) >= 11 is 3.30. The molecule has 1 aromatic carbocycles. The number of ether oxygens (including phenoxy) is 1. The van der Waals surface area contributed by atoms with Gasteiger partial charge in [-0.05, 0) is 41.9 Å². The second kappa shape index (κ2) is 7.40. The Hall–Kier alpha value is -1.40. The lowest BCUT2D eigenvalue weighted by Gasteiger charge is -2.25. The number of amides is 2. The average molecular weight is 343 g/mol. The summed E-state index contributed by atoms with van der Waals surface area (Å²) in [5.74, 6) is -0.551. The van der Waals surface area contributed by atoms with E-state index < -0.39 is 5.54 Å². The Balaban J connectivity index is 2.49. The van der Waals surface area contributed by atoms with Crippen LogP contribution >= 0.6 is 15.9 Å². The van der Waals surface area contributed by atoms with E-state index in [-0.39, 0.29) is 18.4 Å². The molecule has 20 heavy (non-hydrogen) atoms. The zero-order valence-electron chi connectivity index (χ0n) is 11.8. The molecule has 0 aliphatic heterocycles. The van der Waals surface area contributed by atoms with Crippen LogP contribution in [0.15, 0.2) is 28.7 Å². The van der Waals surface area contributed by atoms with Crippen LogP contribution in [0.1, 0.15) is 24.2 Å². The number of halogens is 1. The van der Waals surface area contributed by atoms with Crippen molar-refractivity contribution in [1.29, 1.82) is 0 Å². The minimum atomic E-state index is -0.468. The number of carbonyl (C=O) groups is 2. The van der Waals surface area contributed by atoms with Gasteiger partial charge in [0.25, 0.3) is 5.91 Å². The Kier molecular flexibility index (Phi) is 6.16. The Morgan fingerprint density at radius 1 is 1.30 bits per heavy atom. The highest BCUT2D eigenvalue weighted by atomic mass is 79.9. The molecule has 0 aromatic heterocycles. The smallest absolute Gasteiger partial charge is 0.252 e. The molecule has 6 heteroatoms. The summed E-state index contributed by atoms with van der Waals surface area (Å²) in [7, 11) is 1.57. The summed E-state index contributed by atoms with van der Waals surface area (Å²) in [4.78, 5) is 23.7. The van der Waals surface area contributed by atoms with Crippen LogP contribution in [-0.2, 0) is 9.53 Å². The third kappa shape index (κ3) is 5.30. The monoisotopic (exact) mass is 342 g/mol. The molecule has 110 valence electrons. The maximum absolute atomic E-state index is 11.9. The molecular formula is C14H19BrN2O3. The summed E-state index contributed by atoms with van der Waals surface area (Å²) in [6.07, 6.45) is 0. The van der Waals surface area contributed by atoms with Crippen LogP contribution in [0, 0.1) is 0 Å². The minimum absolute atomic E-state index is 0.0761. The van der Waals surface area contributed by atoms with Gasteiger partial charge >= 0.3 is 0 Å². The van der Waals surface area contributed by atoms with Gasteiger partial charge in [0.15, 0.2) is 0 Å². The van der Waals surface area contributed by atoms with Crippen molar-refractivity contribution in [1.82, 2.24) is 10.6 Å². The molecule has 1 rings (SSSR count). The third-order valence-corrected chi connectivity index (χ3v) is 3.20. The number of methoxy groups -OCH3 is 1. The molecule has 0 saturated heterocycles. The molecule has 0 unspecified atom stereocenters. The van der Waals surface area contributed by atoms with Gasteiger partial charge in [-0.3, -0.25) is 9.59 Å². The number of carbonyl (C=O) groups excluding carboxylic acids is 2. The van der Waals surface area contributed by atoms with E-state index in [2.05, 4.69) is 26.6 Å². The van der Waals surface area contributed by atoms with E-state index in [1.165, 1.54) is 0 Å². The van der Waals surface area contributed by atoms with Crippen molar-refractivity contribution in [3.63, 3.8) is 0 Å². The predicted molar refractivity (Wildman–Crippen MR) is 80.6 cm³/mol. The molecule has 0 spiro atoms. The lowest BCUT2D eigenvalue weighted by atomic mass is 10.1. The predicted octanol–water partition coefficient (Wildman–Crippen LogP) is 1.72. The van der Waals surface area contributed by atoms with Crippen LogP contribution < -0.4 is 10.6 Å². The number of hydrogen-bond donors (Lipinski definition) is 2. The Morgan fingerprint density at radius 3 is 2.55 bits per heavy atom. The molecule has 0 bridgehead atoms. The maximum Gasteiger partial charge on any atom is 0.252 e. The SMILES string of the molecule is COCC(C)(C)NC(=O)CNC(=O)c1ccccc1Br. The highest BCUT2D eigenvalue weighted by molar-refractivity contribution is 9.10. The second-order valence-corrected chi connectivity index (χ2v) is 5.88. The first-order valence-electron chi connectivity index (χ1n) is 6.18. The summed E-state index contributed by atoms with van der Waals surface area (Å²) in [5, 5.41) is 5.37. The fourth-order valence-corrected chi connectivity index (χ4v) is 2.18. The largest absolute Gasteiger partial charge is 0.382 e. The molecule has 0 atom stereocenters. The fraction of sp³-hybridized carbons (Fsp3) is 0.429. The van der Waals surface area contributed by atoms with Crippen molar-refractivity contribution in [3.8, 4) is 0 Å². The van der Waals surface area contributed by atoms with Gasteiger partial charge in [-0.1, -0.05) is 12.1 Å².